The number of amides is 2. The van der Waals surface area contributed by atoms with Crippen molar-refractivity contribution >= 4 is 11.8 Å². The SMILES string of the molecule is COc1cn(-c2ccccc2)nc1C(=O)NC1CCN(C(=O)c2ccoc2)CC1. The molecular weight excluding hydrogens is 372 g/mol. The van der Waals surface area contributed by atoms with Gasteiger partial charge in [-0.3, -0.25) is 9.59 Å². The molecule has 3 aromatic rings. The molecule has 1 fully saturated rings. The summed E-state index contributed by atoms with van der Waals surface area (Å²) in [4.78, 5) is 26.9. The third kappa shape index (κ3) is 4.01. The van der Waals surface area contributed by atoms with Crippen LogP contribution in [-0.2, 0) is 0 Å². The van der Waals surface area contributed by atoms with Crippen LogP contribution in [0.25, 0.3) is 5.69 Å². The molecule has 1 aromatic carbocycles. The van der Waals surface area contributed by atoms with Crippen molar-refractivity contribution in [3.8, 4) is 11.4 Å². The van der Waals surface area contributed by atoms with Gasteiger partial charge in [-0.2, -0.15) is 5.10 Å². The number of furan rings is 1. The summed E-state index contributed by atoms with van der Waals surface area (Å²) in [6, 6.07) is 11.2. The van der Waals surface area contributed by atoms with Crippen molar-refractivity contribution in [2.75, 3.05) is 20.2 Å². The van der Waals surface area contributed by atoms with Crippen LogP contribution in [0, 0.1) is 0 Å². The van der Waals surface area contributed by atoms with Gasteiger partial charge in [0, 0.05) is 19.1 Å². The summed E-state index contributed by atoms with van der Waals surface area (Å²) < 4.78 is 11.9. The number of para-hydroxylation sites is 1. The van der Waals surface area contributed by atoms with Crippen LogP contribution >= 0.6 is 0 Å². The van der Waals surface area contributed by atoms with Crippen LogP contribution in [0.1, 0.15) is 33.7 Å². The molecule has 0 bridgehead atoms. The zero-order valence-electron chi connectivity index (χ0n) is 16.1. The lowest BCUT2D eigenvalue weighted by Gasteiger charge is -2.32. The summed E-state index contributed by atoms with van der Waals surface area (Å²) in [5, 5.41) is 7.42. The molecule has 1 aliphatic heterocycles. The lowest BCUT2D eigenvalue weighted by atomic mass is 10.0. The van der Waals surface area contributed by atoms with Crippen molar-refractivity contribution in [2.24, 2.45) is 0 Å². The second kappa shape index (κ2) is 8.22. The lowest BCUT2D eigenvalue weighted by molar-refractivity contribution is 0.0697. The first-order valence-corrected chi connectivity index (χ1v) is 9.47. The molecule has 2 aromatic heterocycles. The maximum atomic E-state index is 12.8. The maximum absolute atomic E-state index is 12.8. The Bertz CT molecular complexity index is 974. The van der Waals surface area contributed by atoms with Crippen LogP contribution in [0.15, 0.2) is 59.5 Å². The molecule has 0 radical (unpaired) electrons. The van der Waals surface area contributed by atoms with E-state index in [0.29, 0.717) is 37.2 Å². The Morgan fingerprint density at radius 2 is 1.93 bits per heavy atom. The summed E-state index contributed by atoms with van der Waals surface area (Å²) in [5.74, 6) is 0.0851. The first-order chi connectivity index (χ1) is 14.2. The summed E-state index contributed by atoms with van der Waals surface area (Å²) >= 11 is 0. The fourth-order valence-electron chi connectivity index (χ4n) is 3.43. The van der Waals surface area contributed by atoms with Crippen LogP contribution in [0.2, 0.25) is 0 Å². The molecule has 29 heavy (non-hydrogen) atoms. The van der Waals surface area contributed by atoms with E-state index in [1.807, 2.05) is 30.3 Å². The third-order valence-corrected chi connectivity index (χ3v) is 5.02. The largest absolute Gasteiger partial charge is 0.493 e. The minimum absolute atomic E-state index is 0.0255. The van der Waals surface area contributed by atoms with E-state index in [0.717, 1.165) is 5.69 Å². The number of nitrogens with zero attached hydrogens (tertiary/aromatic N) is 3. The van der Waals surface area contributed by atoms with Crippen LogP contribution in [0.5, 0.6) is 5.75 Å². The molecule has 8 nitrogen and oxygen atoms in total. The van der Waals surface area contributed by atoms with Crippen molar-refractivity contribution in [1.82, 2.24) is 20.0 Å². The Kier molecular flexibility index (Phi) is 5.33. The first-order valence-electron chi connectivity index (χ1n) is 9.47. The van der Waals surface area contributed by atoms with Crippen molar-refractivity contribution in [3.63, 3.8) is 0 Å². The second-order valence-corrected chi connectivity index (χ2v) is 6.88. The number of nitrogens with one attached hydrogen (secondary N) is 1. The van der Waals surface area contributed by atoms with Gasteiger partial charge in [0.2, 0.25) is 0 Å². The number of benzene rings is 1. The average molecular weight is 394 g/mol. The van der Waals surface area contributed by atoms with E-state index < -0.39 is 0 Å². The maximum Gasteiger partial charge on any atom is 0.275 e. The summed E-state index contributed by atoms with van der Waals surface area (Å²) in [5.41, 5.74) is 1.63. The fraction of sp³-hybridized carbons (Fsp3) is 0.286. The van der Waals surface area contributed by atoms with E-state index in [-0.39, 0.29) is 23.6 Å². The van der Waals surface area contributed by atoms with Gasteiger partial charge in [0.25, 0.3) is 11.8 Å². The number of piperidine rings is 1. The molecule has 2 amide bonds. The molecule has 0 unspecified atom stereocenters. The van der Waals surface area contributed by atoms with E-state index in [1.165, 1.54) is 19.6 Å². The third-order valence-electron chi connectivity index (χ3n) is 5.02. The van der Waals surface area contributed by atoms with E-state index in [1.54, 1.807) is 21.8 Å². The van der Waals surface area contributed by atoms with Gasteiger partial charge in [0.15, 0.2) is 11.4 Å². The molecule has 1 N–H and O–H groups in total. The Morgan fingerprint density at radius 1 is 1.17 bits per heavy atom. The highest BCUT2D eigenvalue weighted by molar-refractivity contribution is 5.95. The molecule has 3 heterocycles. The number of ether oxygens (including phenoxy) is 1. The number of carbonyl (C=O) groups excluding carboxylic acids is 2. The van der Waals surface area contributed by atoms with Crippen LogP contribution in [0.4, 0.5) is 0 Å². The van der Waals surface area contributed by atoms with Crippen LogP contribution in [-0.4, -0.2) is 52.7 Å². The number of likely N-dealkylation sites (tertiary alicyclic amines) is 1. The van der Waals surface area contributed by atoms with Gasteiger partial charge in [0.05, 0.1) is 30.8 Å². The lowest BCUT2D eigenvalue weighted by Crippen LogP contribution is -2.46. The topological polar surface area (TPSA) is 89.6 Å². The predicted octanol–water partition coefficient (Wildman–Crippen LogP) is 2.51. The number of rotatable bonds is 5. The van der Waals surface area contributed by atoms with Crippen molar-refractivity contribution in [1.29, 1.82) is 0 Å². The van der Waals surface area contributed by atoms with Gasteiger partial charge < -0.3 is 19.4 Å². The molecule has 0 atom stereocenters. The smallest absolute Gasteiger partial charge is 0.275 e. The van der Waals surface area contributed by atoms with Gasteiger partial charge in [-0.1, -0.05) is 18.2 Å². The molecule has 1 saturated heterocycles. The average Bonchev–Trinajstić information content (AvgIpc) is 3.44. The summed E-state index contributed by atoms with van der Waals surface area (Å²) in [7, 11) is 1.52. The number of hydrogen-bond acceptors (Lipinski definition) is 5. The Hall–Kier alpha value is -3.55. The van der Waals surface area contributed by atoms with Gasteiger partial charge in [-0.25, -0.2) is 4.68 Å². The standard InChI is InChI=1S/C21H22N4O4/c1-28-18-13-25(17-5-3-2-4-6-17)23-19(18)20(26)22-16-7-10-24(11-8-16)21(27)15-9-12-29-14-15/h2-6,9,12-14,16H,7-8,10-11H2,1H3,(H,22,26). The zero-order valence-corrected chi connectivity index (χ0v) is 16.1. The molecular formula is C21H22N4O4. The zero-order chi connectivity index (χ0) is 20.2. The van der Waals surface area contributed by atoms with E-state index in [4.69, 9.17) is 9.15 Å². The van der Waals surface area contributed by atoms with Gasteiger partial charge in [0.1, 0.15) is 6.26 Å². The van der Waals surface area contributed by atoms with Gasteiger partial charge in [-0.15, -0.1) is 0 Å². The number of aromatic nitrogens is 2. The van der Waals surface area contributed by atoms with Gasteiger partial charge >= 0.3 is 0 Å². The fourth-order valence-corrected chi connectivity index (χ4v) is 3.43. The van der Waals surface area contributed by atoms with Crippen molar-refractivity contribution in [3.05, 3.63) is 66.4 Å². The number of methoxy groups -OCH3 is 1. The molecule has 8 heteroatoms. The normalized spacial score (nSPS) is 14.6. The van der Waals surface area contributed by atoms with E-state index >= 15 is 0 Å². The molecule has 0 aliphatic carbocycles. The van der Waals surface area contributed by atoms with Gasteiger partial charge in [-0.05, 0) is 31.0 Å². The molecule has 4 rings (SSSR count). The minimum Gasteiger partial charge on any atom is -0.493 e. The Morgan fingerprint density at radius 3 is 2.59 bits per heavy atom. The van der Waals surface area contributed by atoms with Crippen LogP contribution < -0.4 is 10.1 Å². The van der Waals surface area contributed by atoms with Crippen molar-refractivity contribution in [2.45, 2.75) is 18.9 Å². The predicted molar refractivity (Wildman–Crippen MR) is 105 cm³/mol. The Balaban J connectivity index is 1.39. The highest BCUT2D eigenvalue weighted by Crippen LogP contribution is 2.21. The number of hydrogen-bond donors (Lipinski definition) is 1. The quantitative estimate of drug-likeness (QED) is 0.718. The molecule has 1 aliphatic rings. The highest BCUT2D eigenvalue weighted by Gasteiger charge is 2.27. The van der Waals surface area contributed by atoms with E-state index in [9.17, 15) is 9.59 Å². The molecule has 150 valence electrons. The summed E-state index contributed by atoms with van der Waals surface area (Å²) in [6.45, 7) is 1.15. The molecule has 0 spiro atoms. The first kappa shape index (κ1) is 18.8. The molecule has 0 saturated carbocycles. The van der Waals surface area contributed by atoms with Crippen molar-refractivity contribution < 1.29 is 18.7 Å². The number of carbonyl (C=O) groups is 2. The van der Waals surface area contributed by atoms with Crippen LogP contribution in [0.3, 0.4) is 0 Å². The van der Waals surface area contributed by atoms with E-state index in [2.05, 4.69) is 10.4 Å². The Labute approximate surface area is 168 Å². The second-order valence-electron chi connectivity index (χ2n) is 6.88. The minimum atomic E-state index is -0.281. The summed E-state index contributed by atoms with van der Waals surface area (Å²) in [6.07, 6.45) is 5.98. The monoisotopic (exact) mass is 394 g/mol. The highest BCUT2D eigenvalue weighted by atomic mass is 16.5.